The van der Waals surface area contributed by atoms with Crippen LogP contribution >= 0.6 is 11.6 Å². The largest absolute Gasteiger partial charge is 0.465 e. The third kappa shape index (κ3) is 5.56. The van der Waals surface area contributed by atoms with Crippen molar-refractivity contribution >= 4 is 28.6 Å². The van der Waals surface area contributed by atoms with E-state index >= 15 is 4.39 Å². The van der Waals surface area contributed by atoms with Crippen molar-refractivity contribution in [2.24, 2.45) is 0 Å². The number of nitrogens with one attached hydrogen (secondary N) is 1. The van der Waals surface area contributed by atoms with Gasteiger partial charge < -0.3 is 9.47 Å². The van der Waals surface area contributed by atoms with Crippen LogP contribution in [0.1, 0.15) is 56.1 Å². The summed E-state index contributed by atoms with van der Waals surface area (Å²) in [7, 11) is -0.302. The second-order valence-electron chi connectivity index (χ2n) is 7.47. The lowest BCUT2D eigenvalue weighted by Crippen LogP contribution is -2.35. The van der Waals surface area contributed by atoms with Gasteiger partial charge in [0.05, 0.1) is 33.4 Å². The summed E-state index contributed by atoms with van der Waals surface area (Å²) in [6.45, 7) is 7.25. The first kappa shape index (κ1) is 24.2. The number of esters is 1. The zero-order valence-corrected chi connectivity index (χ0v) is 18.9. The van der Waals surface area contributed by atoms with Crippen LogP contribution in [0.25, 0.3) is 0 Å². The highest BCUT2D eigenvalue weighted by Gasteiger charge is 2.26. The molecule has 0 radical (unpaired) electrons. The monoisotopic (exact) mass is 459 g/mol. The topological polar surface area (TPSA) is 64.6 Å². The highest BCUT2D eigenvalue weighted by atomic mass is 35.5. The summed E-state index contributed by atoms with van der Waals surface area (Å²) in [5, 5.41) is -0.00742. The van der Waals surface area contributed by atoms with Gasteiger partial charge in [0.25, 0.3) is 0 Å². The van der Waals surface area contributed by atoms with E-state index in [1.54, 1.807) is 0 Å². The summed E-state index contributed by atoms with van der Waals surface area (Å²) < 4.78 is 54.1. The molecular weight excluding hydrogens is 436 g/mol. The molecule has 0 aromatic heterocycles. The maximum atomic E-state index is 15.3. The van der Waals surface area contributed by atoms with Crippen molar-refractivity contribution in [1.82, 2.24) is 4.72 Å². The van der Waals surface area contributed by atoms with Crippen molar-refractivity contribution in [3.05, 3.63) is 58.1 Å². The van der Waals surface area contributed by atoms with Crippen LogP contribution in [-0.2, 0) is 15.7 Å². The smallest absolute Gasteiger partial charge is 0.340 e. The van der Waals surface area contributed by atoms with Crippen LogP contribution in [0.4, 0.5) is 8.78 Å². The second-order valence-corrected chi connectivity index (χ2v) is 9.88. The Kier molecular flexibility index (Phi) is 7.96. The van der Waals surface area contributed by atoms with Gasteiger partial charge in [0.1, 0.15) is 11.6 Å². The lowest BCUT2D eigenvalue weighted by atomic mass is 10.0. The predicted octanol–water partition coefficient (Wildman–Crippen LogP) is 5.70. The molecule has 30 heavy (non-hydrogen) atoms. The molecule has 1 N–H and O–H groups in total. The van der Waals surface area contributed by atoms with Crippen molar-refractivity contribution < 1.29 is 27.3 Å². The van der Waals surface area contributed by atoms with Gasteiger partial charge in [0, 0.05) is 11.6 Å². The number of hydrogen-bond donors (Lipinski definition) is 1. The average Bonchev–Trinajstić information content (AvgIpc) is 2.69. The molecular formula is C21H24ClF2NO4S. The number of carbonyl (C=O) groups is 1. The molecule has 0 saturated heterocycles. The van der Waals surface area contributed by atoms with Crippen molar-refractivity contribution in [3.63, 3.8) is 0 Å². The quantitative estimate of drug-likeness (QED) is 0.539. The van der Waals surface area contributed by atoms with Crippen LogP contribution in [0.2, 0.25) is 5.02 Å². The Morgan fingerprint density at radius 1 is 1.23 bits per heavy atom. The number of methoxy groups -OCH3 is 1. The molecule has 2 aromatic carbocycles. The van der Waals surface area contributed by atoms with Crippen LogP contribution < -0.4 is 9.46 Å². The number of hydrogen-bond acceptors (Lipinski definition) is 4. The van der Waals surface area contributed by atoms with Gasteiger partial charge in [0.15, 0.2) is 11.6 Å². The second kappa shape index (κ2) is 9.85. The van der Waals surface area contributed by atoms with Gasteiger partial charge in [0.2, 0.25) is 0 Å². The molecule has 0 aliphatic rings. The van der Waals surface area contributed by atoms with Gasteiger partial charge in [-0.3, -0.25) is 0 Å². The van der Waals surface area contributed by atoms with Crippen molar-refractivity contribution in [3.8, 4) is 11.5 Å². The Morgan fingerprint density at radius 2 is 1.90 bits per heavy atom. The number of carbonyl (C=O) groups excluding carboxylic acids is 1. The van der Waals surface area contributed by atoms with Crippen molar-refractivity contribution in [1.29, 1.82) is 0 Å². The van der Waals surface area contributed by atoms with Gasteiger partial charge >= 0.3 is 5.97 Å². The molecule has 0 spiro atoms. The summed E-state index contributed by atoms with van der Waals surface area (Å²) >= 11 is 6.13. The maximum absolute atomic E-state index is 15.3. The third-order valence-electron chi connectivity index (χ3n) is 4.23. The third-order valence-corrected chi connectivity index (χ3v) is 6.14. The Morgan fingerprint density at radius 3 is 2.47 bits per heavy atom. The molecule has 2 rings (SSSR count). The van der Waals surface area contributed by atoms with Crippen LogP contribution in [-0.4, -0.2) is 22.0 Å². The molecule has 0 amide bonds. The molecule has 0 heterocycles. The first-order valence-electron chi connectivity index (χ1n) is 9.21. The van der Waals surface area contributed by atoms with E-state index in [9.17, 15) is 13.4 Å². The van der Waals surface area contributed by atoms with E-state index in [-0.39, 0.29) is 27.6 Å². The number of halogens is 3. The van der Waals surface area contributed by atoms with E-state index in [1.165, 1.54) is 18.2 Å². The molecule has 164 valence electrons. The molecule has 0 fully saturated rings. The summed E-state index contributed by atoms with van der Waals surface area (Å²) in [6.07, 6.45) is 0.461. The normalized spacial score (nSPS) is 13.6. The van der Waals surface area contributed by atoms with Crippen LogP contribution in [0, 0.1) is 11.6 Å². The highest BCUT2D eigenvalue weighted by molar-refractivity contribution is 7.84. The van der Waals surface area contributed by atoms with E-state index in [1.807, 2.05) is 27.7 Å². The SMILES string of the molecule is CC[C@@H](NS(=O)C(C)(C)C)c1ccc(Cl)c(Oc2ccc(F)c(C(=O)OC)c2)c1F. The number of benzene rings is 2. The van der Waals surface area contributed by atoms with Crippen LogP contribution in [0.15, 0.2) is 30.3 Å². The van der Waals surface area contributed by atoms with Crippen molar-refractivity contribution in [2.45, 2.75) is 44.9 Å². The van der Waals surface area contributed by atoms with Gasteiger partial charge in [-0.05, 0) is 51.5 Å². The van der Waals surface area contributed by atoms with E-state index in [0.29, 0.717) is 6.42 Å². The molecule has 0 bridgehead atoms. The van der Waals surface area contributed by atoms with Gasteiger partial charge in [-0.15, -0.1) is 0 Å². The van der Waals surface area contributed by atoms with E-state index < -0.39 is 39.4 Å². The zero-order chi connectivity index (χ0) is 22.6. The molecule has 2 aromatic rings. The minimum absolute atomic E-state index is 0.00742. The first-order valence-corrected chi connectivity index (χ1v) is 10.7. The van der Waals surface area contributed by atoms with Gasteiger partial charge in [-0.2, -0.15) is 0 Å². The Labute approximate surface area is 182 Å². The van der Waals surface area contributed by atoms with E-state index in [0.717, 1.165) is 19.2 Å². The standard InChI is InChI=1S/C21H24ClF2NO4S/c1-6-17(25-30(27)21(2,3)4)13-8-9-15(22)19(18(13)24)29-12-7-10-16(23)14(11-12)20(26)28-5/h7-11,17,25H,6H2,1-5H3/t17-,30?/m1/s1. The summed E-state index contributed by atoms with van der Waals surface area (Å²) in [5.41, 5.74) is -0.124. The summed E-state index contributed by atoms with van der Waals surface area (Å²) in [4.78, 5) is 11.7. The highest BCUT2D eigenvalue weighted by Crippen LogP contribution is 2.37. The Hall–Kier alpha value is -2.03. The zero-order valence-electron chi connectivity index (χ0n) is 17.3. The minimum Gasteiger partial charge on any atom is -0.465 e. The molecule has 5 nitrogen and oxygen atoms in total. The lowest BCUT2D eigenvalue weighted by Gasteiger charge is -2.24. The lowest BCUT2D eigenvalue weighted by molar-refractivity contribution is 0.0595. The fourth-order valence-corrected chi connectivity index (χ4v) is 3.63. The first-order chi connectivity index (χ1) is 14.0. The molecule has 0 aliphatic heterocycles. The molecule has 1 unspecified atom stereocenters. The molecule has 9 heteroatoms. The van der Waals surface area contributed by atoms with Gasteiger partial charge in [-0.1, -0.05) is 24.6 Å². The minimum atomic E-state index is -1.42. The molecule has 0 aliphatic carbocycles. The maximum Gasteiger partial charge on any atom is 0.340 e. The van der Waals surface area contributed by atoms with E-state index in [2.05, 4.69) is 9.46 Å². The fourth-order valence-electron chi connectivity index (χ4n) is 2.54. The number of rotatable bonds is 7. The number of ether oxygens (including phenoxy) is 2. The Balaban J connectivity index is 2.41. The fraction of sp³-hybridized carbons (Fsp3) is 0.381. The summed E-state index contributed by atoms with van der Waals surface area (Å²) in [6, 6.07) is 5.77. The average molecular weight is 460 g/mol. The van der Waals surface area contributed by atoms with Crippen LogP contribution in [0.3, 0.4) is 0 Å². The van der Waals surface area contributed by atoms with Gasteiger partial charge in [-0.25, -0.2) is 22.5 Å². The predicted molar refractivity (Wildman–Crippen MR) is 113 cm³/mol. The molecule has 0 saturated carbocycles. The molecule has 2 atom stereocenters. The van der Waals surface area contributed by atoms with Crippen LogP contribution in [0.5, 0.6) is 11.5 Å². The Bertz CT molecular complexity index is 963. The van der Waals surface area contributed by atoms with E-state index in [4.69, 9.17) is 16.3 Å². The summed E-state index contributed by atoms with van der Waals surface area (Å²) in [5.74, 6) is -2.70. The van der Waals surface area contributed by atoms with Crippen molar-refractivity contribution in [2.75, 3.05) is 7.11 Å².